The van der Waals surface area contributed by atoms with Gasteiger partial charge in [0.05, 0.1) is 7.11 Å². The standard InChI is InChI=1S/C16H18BrNO2/c1-11(18)14-5-3-4-6-16(14)20-10-12-9-13(17)7-8-15(12)19-2/h3-9,11H,10,18H2,1-2H3/t11-/m1/s1. The summed E-state index contributed by atoms with van der Waals surface area (Å²) < 4.78 is 12.2. The maximum Gasteiger partial charge on any atom is 0.125 e. The van der Waals surface area contributed by atoms with Gasteiger partial charge in [-0.2, -0.15) is 0 Å². The minimum Gasteiger partial charge on any atom is -0.496 e. The molecule has 0 saturated carbocycles. The highest BCUT2D eigenvalue weighted by atomic mass is 79.9. The van der Waals surface area contributed by atoms with Crippen LogP contribution >= 0.6 is 15.9 Å². The van der Waals surface area contributed by atoms with E-state index in [1.165, 1.54) is 0 Å². The summed E-state index contributed by atoms with van der Waals surface area (Å²) in [5, 5.41) is 0. The number of hydrogen-bond donors (Lipinski definition) is 1. The van der Waals surface area contributed by atoms with Crippen LogP contribution in [0.3, 0.4) is 0 Å². The van der Waals surface area contributed by atoms with Crippen LogP contribution in [-0.4, -0.2) is 7.11 Å². The van der Waals surface area contributed by atoms with Gasteiger partial charge in [-0.15, -0.1) is 0 Å². The molecule has 2 aromatic carbocycles. The lowest BCUT2D eigenvalue weighted by Gasteiger charge is -2.15. The average Bonchev–Trinajstić information content (AvgIpc) is 2.45. The predicted molar refractivity (Wildman–Crippen MR) is 84.1 cm³/mol. The number of halogens is 1. The van der Waals surface area contributed by atoms with Crippen molar-refractivity contribution in [1.82, 2.24) is 0 Å². The zero-order chi connectivity index (χ0) is 14.5. The van der Waals surface area contributed by atoms with E-state index in [0.29, 0.717) is 6.61 Å². The molecule has 0 aliphatic rings. The predicted octanol–water partition coefficient (Wildman–Crippen LogP) is 4.06. The van der Waals surface area contributed by atoms with Gasteiger partial charge in [-0.3, -0.25) is 0 Å². The zero-order valence-corrected chi connectivity index (χ0v) is 13.2. The maximum absolute atomic E-state index is 5.95. The molecule has 0 aliphatic heterocycles. The second-order valence-electron chi connectivity index (χ2n) is 4.57. The van der Waals surface area contributed by atoms with Gasteiger partial charge >= 0.3 is 0 Å². The Bertz CT molecular complexity index is 584. The fourth-order valence-electron chi connectivity index (χ4n) is 2.00. The highest BCUT2D eigenvalue weighted by molar-refractivity contribution is 9.10. The van der Waals surface area contributed by atoms with Crippen LogP contribution in [0, 0.1) is 0 Å². The van der Waals surface area contributed by atoms with Gasteiger partial charge in [-0.25, -0.2) is 0 Å². The lowest BCUT2D eigenvalue weighted by Crippen LogP contribution is -2.08. The molecule has 3 nitrogen and oxygen atoms in total. The van der Waals surface area contributed by atoms with Gasteiger partial charge in [0.25, 0.3) is 0 Å². The van der Waals surface area contributed by atoms with Crippen LogP contribution in [0.4, 0.5) is 0 Å². The van der Waals surface area contributed by atoms with E-state index in [0.717, 1.165) is 27.1 Å². The molecule has 0 heterocycles. The second kappa shape index (κ2) is 6.77. The van der Waals surface area contributed by atoms with Crippen LogP contribution in [0.1, 0.15) is 24.1 Å². The average molecular weight is 336 g/mol. The number of benzene rings is 2. The first-order valence-corrected chi connectivity index (χ1v) is 7.21. The van der Waals surface area contributed by atoms with Crippen molar-refractivity contribution in [3.63, 3.8) is 0 Å². The van der Waals surface area contributed by atoms with Crippen molar-refractivity contribution >= 4 is 15.9 Å². The van der Waals surface area contributed by atoms with E-state index in [1.807, 2.05) is 49.4 Å². The molecule has 4 heteroatoms. The summed E-state index contributed by atoms with van der Waals surface area (Å²) in [6.45, 7) is 2.38. The first-order chi connectivity index (χ1) is 9.61. The van der Waals surface area contributed by atoms with E-state index < -0.39 is 0 Å². The molecule has 0 unspecified atom stereocenters. The van der Waals surface area contributed by atoms with E-state index >= 15 is 0 Å². The number of ether oxygens (including phenoxy) is 2. The van der Waals surface area contributed by atoms with Gasteiger partial charge in [0.1, 0.15) is 18.1 Å². The van der Waals surface area contributed by atoms with Crippen molar-refractivity contribution < 1.29 is 9.47 Å². The van der Waals surface area contributed by atoms with E-state index in [9.17, 15) is 0 Å². The molecular formula is C16H18BrNO2. The molecule has 2 aromatic rings. The van der Waals surface area contributed by atoms with Crippen molar-refractivity contribution in [2.24, 2.45) is 5.73 Å². The van der Waals surface area contributed by atoms with Crippen molar-refractivity contribution in [1.29, 1.82) is 0 Å². The van der Waals surface area contributed by atoms with Crippen molar-refractivity contribution in [3.8, 4) is 11.5 Å². The van der Waals surface area contributed by atoms with Crippen LogP contribution < -0.4 is 15.2 Å². The van der Waals surface area contributed by atoms with Gasteiger partial charge in [-0.05, 0) is 31.2 Å². The second-order valence-corrected chi connectivity index (χ2v) is 5.49. The molecule has 20 heavy (non-hydrogen) atoms. The fourth-order valence-corrected chi connectivity index (χ4v) is 2.41. The van der Waals surface area contributed by atoms with Crippen LogP contribution in [0.5, 0.6) is 11.5 Å². The lowest BCUT2D eigenvalue weighted by atomic mass is 10.1. The lowest BCUT2D eigenvalue weighted by molar-refractivity contribution is 0.292. The maximum atomic E-state index is 5.95. The van der Waals surface area contributed by atoms with Gasteiger partial charge in [-0.1, -0.05) is 34.1 Å². The highest BCUT2D eigenvalue weighted by Gasteiger charge is 2.09. The minimum absolute atomic E-state index is 0.0596. The molecule has 2 N–H and O–H groups in total. The third kappa shape index (κ3) is 3.52. The van der Waals surface area contributed by atoms with Crippen molar-refractivity contribution in [2.45, 2.75) is 19.6 Å². The SMILES string of the molecule is COc1ccc(Br)cc1COc1ccccc1[C@@H](C)N. The summed E-state index contributed by atoms with van der Waals surface area (Å²) >= 11 is 3.46. The monoisotopic (exact) mass is 335 g/mol. The number of nitrogens with two attached hydrogens (primary N) is 1. The Labute approximate surface area is 127 Å². The Balaban J connectivity index is 2.19. The van der Waals surface area contributed by atoms with Crippen LogP contribution in [-0.2, 0) is 6.61 Å². The first-order valence-electron chi connectivity index (χ1n) is 6.41. The van der Waals surface area contributed by atoms with E-state index in [-0.39, 0.29) is 6.04 Å². The molecule has 2 rings (SSSR count). The molecule has 0 amide bonds. The molecule has 0 saturated heterocycles. The van der Waals surface area contributed by atoms with Crippen LogP contribution in [0.25, 0.3) is 0 Å². The molecule has 106 valence electrons. The summed E-state index contributed by atoms with van der Waals surface area (Å²) in [5.74, 6) is 1.62. The normalized spacial score (nSPS) is 12.0. The molecular weight excluding hydrogens is 318 g/mol. The summed E-state index contributed by atoms with van der Waals surface area (Å²) in [5.41, 5.74) is 7.94. The molecule has 1 atom stereocenters. The quantitative estimate of drug-likeness (QED) is 0.896. The van der Waals surface area contributed by atoms with Crippen molar-refractivity contribution in [3.05, 3.63) is 58.1 Å². The third-order valence-electron chi connectivity index (χ3n) is 3.04. The largest absolute Gasteiger partial charge is 0.496 e. The minimum atomic E-state index is -0.0596. The zero-order valence-electron chi connectivity index (χ0n) is 11.6. The molecule has 0 spiro atoms. The van der Waals surface area contributed by atoms with Gasteiger partial charge < -0.3 is 15.2 Å². The Kier molecular flexibility index (Phi) is 5.04. The van der Waals surface area contributed by atoms with Crippen molar-refractivity contribution in [2.75, 3.05) is 7.11 Å². The Morgan fingerprint density at radius 1 is 1.15 bits per heavy atom. The van der Waals surface area contributed by atoms with E-state index in [4.69, 9.17) is 15.2 Å². The van der Waals surface area contributed by atoms with Gasteiger partial charge in [0.15, 0.2) is 0 Å². The molecule has 0 aliphatic carbocycles. The van der Waals surface area contributed by atoms with E-state index in [1.54, 1.807) is 7.11 Å². The Morgan fingerprint density at radius 3 is 2.60 bits per heavy atom. The van der Waals surface area contributed by atoms with Crippen LogP contribution in [0.15, 0.2) is 46.9 Å². The van der Waals surface area contributed by atoms with Gasteiger partial charge in [0.2, 0.25) is 0 Å². The van der Waals surface area contributed by atoms with Gasteiger partial charge in [0, 0.05) is 21.6 Å². The topological polar surface area (TPSA) is 44.5 Å². The summed E-state index contributed by atoms with van der Waals surface area (Å²) in [7, 11) is 1.66. The molecule has 0 bridgehead atoms. The van der Waals surface area contributed by atoms with E-state index in [2.05, 4.69) is 15.9 Å². The Morgan fingerprint density at radius 2 is 1.90 bits per heavy atom. The number of rotatable bonds is 5. The summed E-state index contributed by atoms with van der Waals surface area (Å²) in [6, 6.07) is 13.6. The number of methoxy groups -OCH3 is 1. The Hall–Kier alpha value is -1.52. The number of hydrogen-bond acceptors (Lipinski definition) is 3. The molecule has 0 fully saturated rings. The molecule has 0 radical (unpaired) electrons. The third-order valence-corrected chi connectivity index (χ3v) is 3.53. The summed E-state index contributed by atoms with van der Waals surface area (Å²) in [4.78, 5) is 0. The summed E-state index contributed by atoms with van der Waals surface area (Å²) in [6.07, 6.45) is 0. The first kappa shape index (κ1) is 14.9. The smallest absolute Gasteiger partial charge is 0.125 e. The van der Waals surface area contributed by atoms with Crippen LogP contribution in [0.2, 0.25) is 0 Å². The molecule has 0 aromatic heterocycles. The highest BCUT2D eigenvalue weighted by Crippen LogP contribution is 2.27. The number of para-hydroxylation sites is 1. The fraction of sp³-hybridized carbons (Fsp3) is 0.250.